The summed E-state index contributed by atoms with van der Waals surface area (Å²) in [6.07, 6.45) is 0. The van der Waals surface area contributed by atoms with Crippen LogP contribution >= 0.6 is 0 Å². The number of nitrogens with one attached hydrogen (secondary N) is 1. The lowest BCUT2D eigenvalue weighted by Crippen LogP contribution is -2.46. The van der Waals surface area contributed by atoms with Crippen LogP contribution in [0, 0.1) is 6.92 Å². The average molecular weight is 249 g/mol. The Morgan fingerprint density at radius 1 is 1.22 bits per heavy atom. The minimum absolute atomic E-state index is 0.291. The van der Waals surface area contributed by atoms with Crippen molar-refractivity contribution < 1.29 is 14.7 Å². The molecule has 98 valence electrons. The Bertz CT molecular complexity index is 449. The molecule has 1 amide bonds. The molecule has 4 nitrogen and oxygen atoms in total. The highest BCUT2D eigenvalue weighted by Crippen LogP contribution is 2.23. The number of carboxylic acid groups (broad SMARTS) is 1. The van der Waals surface area contributed by atoms with E-state index in [4.69, 9.17) is 5.11 Å². The minimum atomic E-state index is -1.04. The van der Waals surface area contributed by atoms with Crippen molar-refractivity contribution in [3.8, 4) is 0 Å². The monoisotopic (exact) mass is 249 g/mol. The summed E-state index contributed by atoms with van der Waals surface area (Å²) in [6.45, 7) is 6.98. The highest BCUT2D eigenvalue weighted by molar-refractivity contribution is 5.90. The lowest BCUT2D eigenvalue weighted by molar-refractivity contribution is -0.142. The third-order valence-electron chi connectivity index (χ3n) is 3.06. The number of benzene rings is 1. The summed E-state index contributed by atoms with van der Waals surface area (Å²) in [5.41, 5.74) is 1.23. The molecule has 0 saturated heterocycles. The molecule has 0 aliphatic rings. The number of carbonyl (C=O) groups excluding carboxylic acids is 1. The van der Waals surface area contributed by atoms with Crippen LogP contribution in [0.25, 0.3) is 0 Å². The Morgan fingerprint density at radius 3 is 2.17 bits per heavy atom. The summed E-state index contributed by atoms with van der Waals surface area (Å²) in [7, 11) is 0. The summed E-state index contributed by atoms with van der Waals surface area (Å²) in [5.74, 6) is -1.33. The number of carboxylic acids is 1. The van der Waals surface area contributed by atoms with E-state index in [1.807, 2.05) is 31.2 Å². The normalized spacial score (nSPS) is 12.9. The van der Waals surface area contributed by atoms with E-state index >= 15 is 0 Å². The maximum absolute atomic E-state index is 12.1. The zero-order valence-electron chi connectivity index (χ0n) is 11.2. The molecule has 0 bridgehead atoms. The van der Waals surface area contributed by atoms with Gasteiger partial charge in [0.15, 0.2) is 0 Å². The maximum Gasteiger partial charge on any atom is 0.325 e. The van der Waals surface area contributed by atoms with E-state index in [-0.39, 0.29) is 5.91 Å². The summed E-state index contributed by atoms with van der Waals surface area (Å²) in [5, 5.41) is 11.3. The van der Waals surface area contributed by atoms with Crippen molar-refractivity contribution in [1.29, 1.82) is 0 Å². The van der Waals surface area contributed by atoms with Crippen LogP contribution in [-0.2, 0) is 15.0 Å². The van der Waals surface area contributed by atoms with Gasteiger partial charge in [-0.15, -0.1) is 0 Å². The van der Waals surface area contributed by atoms with E-state index < -0.39 is 17.4 Å². The molecule has 0 aliphatic heterocycles. The van der Waals surface area contributed by atoms with Gasteiger partial charge in [-0.3, -0.25) is 9.59 Å². The molecule has 0 heterocycles. The van der Waals surface area contributed by atoms with E-state index in [0.29, 0.717) is 0 Å². The first-order chi connectivity index (χ1) is 8.25. The van der Waals surface area contributed by atoms with Gasteiger partial charge in [0, 0.05) is 0 Å². The number of amides is 1. The quantitative estimate of drug-likeness (QED) is 0.856. The smallest absolute Gasteiger partial charge is 0.325 e. The van der Waals surface area contributed by atoms with Gasteiger partial charge in [-0.25, -0.2) is 0 Å². The van der Waals surface area contributed by atoms with Crippen LogP contribution in [0.4, 0.5) is 0 Å². The molecule has 1 aromatic carbocycles. The van der Waals surface area contributed by atoms with Gasteiger partial charge in [0.2, 0.25) is 5.91 Å². The van der Waals surface area contributed by atoms with Crippen molar-refractivity contribution in [2.75, 3.05) is 0 Å². The van der Waals surface area contributed by atoms with Crippen LogP contribution in [-0.4, -0.2) is 23.0 Å². The second-order valence-electron chi connectivity index (χ2n) is 5.02. The summed E-state index contributed by atoms with van der Waals surface area (Å²) >= 11 is 0. The molecule has 1 atom stereocenters. The molecule has 0 unspecified atom stereocenters. The third kappa shape index (κ3) is 3.09. The van der Waals surface area contributed by atoms with Crippen LogP contribution < -0.4 is 5.32 Å². The van der Waals surface area contributed by atoms with Crippen molar-refractivity contribution in [2.24, 2.45) is 0 Å². The second-order valence-corrected chi connectivity index (χ2v) is 5.02. The highest BCUT2D eigenvalue weighted by atomic mass is 16.4. The SMILES string of the molecule is Cc1ccc(C(C)(C)C(=O)N[C@H](C)C(=O)O)cc1. The van der Waals surface area contributed by atoms with E-state index in [1.165, 1.54) is 6.92 Å². The van der Waals surface area contributed by atoms with E-state index in [1.54, 1.807) is 13.8 Å². The first kappa shape index (κ1) is 14.2. The number of aliphatic carboxylic acids is 1. The molecule has 0 spiro atoms. The first-order valence-corrected chi connectivity index (χ1v) is 5.86. The van der Waals surface area contributed by atoms with Gasteiger partial charge in [-0.1, -0.05) is 29.8 Å². The fourth-order valence-corrected chi connectivity index (χ4v) is 1.54. The number of hydrogen-bond donors (Lipinski definition) is 2. The molecule has 1 rings (SSSR count). The van der Waals surface area contributed by atoms with Gasteiger partial charge < -0.3 is 10.4 Å². The highest BCUT2D eigenvalue weighted by Gasteiger charge is 2.31. The Morgan fingerprint density at radius 2 is 1.72 bits per heavy atom. The van der Waals surface area contributed by atoms with Crippen molar-refractivity contribution in [3.05, 3.63) is 35.4 Å². The number of rotatable bonds is 4. The van der Waals surface area contributed by atoms with Crippen LogP contribution in [0.5, 0.6) is 0 Å². The summed E-state index contributed by atoms with van der Waals surface area (Å²) < 4.78 is 0. The molecule has 18 heavy (non-hydrogen) atoms. The lowest BCUT2D eigenvalue weighted by atomic mass is 9.83. The predicted octanol–water partition coefficient (Wildman–Crippen LogP) is 1.86. The Balaban J connectivity index is 2.89. The predicted molar refractivity (Wildman–Crippen MR) is 69.4 cm³/mol. The number of aryl methyl sites for hydroxylation is 1. The molecule has 0 radical (unpaired) electrons. The van der Waals surface area contributed by atoms with Crippen molar-refractivity contribution in [1.82, 2.24) is 5.32 Å². The average Bonchev–Trinajstić information content (AvgIpc) is 2.29. The van der Waals surface area contributed by atoms with E-state index in [0.717, 1.165) is 11.1 Å². The topological polar surface area (TPSA) is 66.4 Å². The minimum Gasteiger partial charge on any atom is -0.480 e. The fourth-order valence-electron chi connectivity index (χ4n) is 1.54. The standard InChI is InChI=1S/C14H19NO3/c1-9-5-7-11(8-6-9)14(3,4)13(18)15-10(2)12(16)17/h5-8,10H,1-4H3,(H,15,18)(H,16,17)/t10-/m1/s1. The van der Waals surface area contributed by atoms with Gasteiger partial charge in [0.1, 0.15) is 6.04 Å². The summed E-state index contributed by atoms with van der Waals surface area (Å²) in [6, 6.07) is 6.76. The third-order valence-corrected chi connectivity index (χ3v) is 3.06. The maximum atomic E-state index is 12.1. The van der Waals surface area contributed by atoms with Gasteiger partial charge in [0.25, 0.3) is 0 Å². The zero-order chi connectivity index (χ0) is 13.9. The first-order valence-electron chi connectivity index (χ1n) is 5.86. The molecular formula is C14H19NO3. The molecule has 4 heteroatoms. The van der Waals surface area contributed by atoms with Gasteiger partial charge in [-0.05, 0) is 33.3 Å². The Labute approximate surface area is 107 Å². The number of hydrogen-bond acceptors (Lipinski definition) is 2. The Kier molecular flexibility index (Phi) is 4.11. The van der Waals surface area contributed by atoms with Crippen LogP contribution in [0.1, 0.15) is 31.9 Å². The van der Waals surface area contributed by atoms with Crippen LogP contribution in [0.15, 0.2) is 24.3 Å². The number of carbonyl (C=O) groups is 2. The zero-order valence-corrected chi connectivity index (χ0v) is 11.2. The molecule has 0 aliphatic carbocycles. The molecular weight excluding hydrogens is 230 g/mol. The van der Waals surface area contributed by atoms with Gasteiger partial charge >= 0.3 is 5.97 Å². The summed E-state index contributed by atoms with van der Waals surface area (Å²) in [4.78, 5) is 22.8. The molecule has 2 N–H and O–H groups in total. The molecule has 0 saturated carbocycles. The Hall–Kier alpha value is -1.84. The molecule has 0 fully saturated rings. The van der Waals surface area contributed by atoms with Crippen LogP contribution in [0.3, 0.4) is 0 Å². The largest absolute Gasteiger partial charge is 0.480 e. The molecule has 1 aromatic rings. The van der Waals surface area contributed by atoms with Gasteiger partial charge in [-0.2, -0.15) is 0 Å². The van der Waals surface area contributed by atoms with Gasteiger partial charge in [0.05, 0.1) is 5.41 Å². The second kappa shape index (κ2) is 5.21. The van der Waals surface area contributed by atoms with E-state index in [9.17, 15) is 9.59 Å². The van der Waals surface area contributed by atoms with E-state index in [2.05, 4.69) is 5.32 Å². The molecule has 0 aromatic heterocycles. The van der Waals surface area contributed by atoms with Crippen LogP contribution in [0.2, 0.25) is 0 Å². The van der Waals surface area contributed by atoms with Crippen molar-refractivity contribution in [3.63, 3.8) is 0 Å². The fraction of sp³-hybridized carbons (Fsp3) is 0.429. The van der Waals surface area contributed by atoms with Crippen molar-refractivity contribution >= 4 is 11.9 Å². The van der Waals surface area contributed by atoms with Crippen molar-refractivity contribution in [2.45, 2.75) is 39.2 Å². The lowest BCUT2D eigenvalue weighted by Gasteiger charge is -2.25.